The first-order valence-corrected chi connectivity index (χ1v) is 5.29. The molecule has 0 heterocycles. The standard InChI is InChI=1S/C11H22O/c1-2-3-4-5-6-7-8-9-10-11-12/h1-11H2. The van der Waals surface area contributed by atoms with Crippen molar-refractivity contribution in [3.8, 4) is 0 Å². The van der Waals surface area contributed by atoms with E-state index in [1.54, 1.807) is 0 Å². The molecule has 72 valence electrons. The van der Waals surface area contributed by atoms with E-state index in [4.69, 9.17) is 0 Å². The zero-order valence-electron chi connectivity index (χ0n) is 8.19. The van der Waals surface area contributed by atoms with Crippen molar-refractivity contribution in [3.05, 3.63) is 6.92 Å². The average molecular weight is 170 g/mol. The predicted molar refractivity (Wildman–Crippen MR) is 52.5 cm³/mol. The summed E-state index contributed by atoms with van der Waals surface area (Å²) in [5, 5.41) is 10.1. The van der Waals surface area contributed by atoms with E-state index in [-0.39, 0.29) is 6.61 Å². The van der Waals surface area contributed by atoms with Crippen molar-refractivity contribution in [2.24, 2.45) is 0 Å². The lowest BCUT2D eigenvalue weighted by atomic mass is 10.1. The van der Waals surface area contributed by atoms with E-state index >= 15 is 0 Å². The Labute approximate surface area is 77.2 Å². The monoisotopic (exact) mass is 170 g/mol. The molecule has 0 aliphatic rings. The third-order valence-corrected chi connectivity index (χ3v) is 2.14. The summed E-state index contributed by atoms with van der Waals surface area (Å²) in [7, 11) is 0. The summed E-state index contributed by atoms with van der Waals surface area (Å²) in [6.07, 6.45) is 11.0. The van der Waals surface area contributed by atoms with Crippen molar-refractivity contribution >= 4 is 0 Å². The molecule has 0 unspecified atom stereocenters. The first kappa shape index (κ1) is 12.0. The van der Waals surface area contributed by atoms with E-state index in [9.17, 15) is 5.11 Å². The maximum Gasteiger partial charge on any atom is 0.0822 e. The molecule has 2 radical (unpaired) electrons. The second-order valence-electron chi connectivity index (χ2n) is 3.39. The van der Waals surface area contributed by atoms with Crippen LogP contribution in [0.3, 0.4) is 0 Å². The summed E-state index contributed by atoms with van der Waals surface area (Å²) in [5.41, 5.74) is 0. The van der Waals surface area contributed by atoms with Crippen molar-refractivity contribution in [2.75, 3.05) is 6.61 Å². The zero-order chi connectivity index (χ0) is 9.07. The third-order valence-electron chi connectivity index (χ3n) is 2.14. The predicted octanol–water partition coefficient (Wildman–Crippen LogP) is 3.76. The van der Waals surface area contributed by atoms with Gasteiger partial charge in [-0.25, -0.2) is 5.11 Å². The minimum atomic E-state index is 0.113. The molecular formula is C11H22O. The van der Waals surface area contributed by atoms with Gasteiger partial charge in [0.05, 0.1) is 6.61 Å². The van der Waals surface area contributed by atoms with Crippen LogP contribution in [0.1, 0.15) is 57.8 Å². The van der Waals surface area contributed by atoms with E-state index < -0.39 is 0 Å². The van der Waals surface area contributed by atoms with Crippen molar-refractivity contribution in [2.45, 2.75) is 57.8 Å². The Morgan fingerprint density at radius 2 is 1.08 bits per heavy atom. The molecule has 0 aromatic heterocycles. The lowest BCUT2D eigenvalue weighted by Gasteiger charge is -1.99. The Morgan fingerprint density at radius 1 is 0.667 bits per heavy atom. The highest BCUT2D eigenvalue weighted by molar-refractivity contribution is 4.47. The maximum absolute atomic E-state index is 10.1. The van der Waals surface area contributed by atoms with Gasteiger partial charge in [-0.2, -0.15) is 0 Å². The Morgan fingerprint density at radius 3 is 1.50 bits per heavy atom. The van der Waals surface area contributed by atoms with Crippen LogP contribution < -0.4 is 0 Å². The number of hydrogen-bond donors (Lipinski definition) is 0. The molecule has 0 rings (SSSR count). The molecule has 0 spiro atoms. The highest BCUT2D eigenvalue weighted by Crippen LogP contribution is 2.08. The molecule has 1 nitrogen and oxygen atoms in total. The van der Waals surface area contributed by atoms with Crippen molar-refractivity contribution in [3.63, 3.8) is 0 Å². The van der Waals surface area contributed by atoms with Crippen LogP contribution in [0.25, 0.3) is 0 Å². The molecular weight excluding hydrogens is 148 g/mol. The molecule has 1 heteroatoms. The van der Waals surface area contributed by atoms with Crippen molar-refractivity contribution < 1.29 is 5.11 Å². The fourth-order valence-corrected chi connectivity index (χ4v) is 1.34. The SMILES string of the molecule is [CH2]CCCCCCCCCC[O]. The van der Waals surface area contributed by atoms with Crippen LogP contribution >= 0.6 is 0 Å². The quantitative estimate of drug-likeness (QED) is 0.469. The molecule has 0 N–H and O–H groups in total. The maximum atomic E-state index is 10.1. The second kappa shape index (κ2) is 11.0. The zero-order valence-corrected chi connectivity index (χ0v) is 8.19. The van der Waals surface area contributed by atoms with E-state index in [1.807, 2.05) is 0 Å². The largest absolute Gasteiger partial charge is 0.237 e. The van der Waals surface area contributed by atoms with Gasteiger partial charge in [0.1, 0.15) is 0 Å². The van der Waals surface area contributed by atoms with Gasteiger partial charge in [-0.3, -0.25) is 0 Å². The Hall–Kier alpha value is -0.0400. The summed E-state index contributed by atoms with van der Waals surface area (Å²) in [5.74, 6) is 0. The van der Waals surface area contributed by atoms with E-state index in [0.717, 1.165) is 19.3 Å². The lowest BCUT2D eigenvalue weighted by molar-refractivity contribution is 0.186. The smallest absolute Gasteiger partial charge is 0.0822 e. The first-order valence-electron chi connectivity index (χ1n) is 5.29. The molecule has 0 aliphatic carbocycles. The van der Waals surface area contributed by atoms with Crippen LogP contribution in [-0.2, 0) is 5.11 Å². The molecule has 0 amide bonds. The summed E-state index contributed by atoms with van der Waals surface area (Å²) in [6, 6.07) is 0. The molecule has 0 atom stereocenters. The van der Waals surface area contributed by atoms with Gasteiger partial charge < -0.3 is 0 Å². The van der Waals surface area contributed by atoms with E-state index in [2.05, 4.69) is 6.92 Å². The van der Waals surface area contributed by atoms with Crippen LogP contribution in [0.5, 0.6) is 0 Å². The van der Waals surface area contributed by atoms with Gasteiger partial charge in [0.2, 0.25) is 0 Å². The van der Waals surface area contributed by atoms with Gasteiger partial charge >= 0.3 is 0 Å². The summed E-state index contributed by atoms with van der Waals surface area (Å²) < 4.78 is 0. The summed E-state index contributed by atoms with van der Waals surface area (Å²) in [6.45, 7) is 3.92. The molecule has 0 saturated carbocycles. The van der Waals surface area contributed by atoms with Gasteiger partial charge in [-0.15, -0.1) is 0 Å². The summed E-state index contributed by atoms with van der Waals surface area (Å²) in [4.78, 5) is 0. The highest BCUT2D eigenvalue weighted by Gasteiger charge is 1.90. The van der Waals surface area contributed by atoms with E-state index in [1.165, 1.54) is 38.5 Å². The molecule has 0 aromatic rings. The topological polar surface area (TPSA) is 19.9 Å². The molecule has 0 aromatic carbocycles. The van der Waals surface area contributed by atoms with Gasteiger partial charge in [0, 0.05) is 0 Å². The van der Waals surface area contributed by atoms with Crippen LogP contribution in [0.2, 0.25) is 0 Å². The molecule has 12 heavy (non-hydrogen) atoms. The number of rotatable bonds is 9. The van der Waals surface area contributed by atoms with Gasteiger partial charge in [-0.05, 0) is 6.42 Å². The van der Waals surface area contributed by atoms with Gasteiger partial charge in [0.25, 0.3) is 0 Å². The van der Waals surface area contributed by atoms with E-state index in [0.29, 0.717) is 0 Å². The van der Waals surface area contributed by atoms with Gasteiger partial charge in [0.15, 0.2) is 0 Å². The molecule has 0 saturated heterocycles. The third kappa shape index (κ3) is 9.96. The lowest BCUT2D eigenvalue weighted by Crippen LogP contribution is -1.83. The normalized spacial score (nSPS) is 10.5. The number of unbranched alkanes of at least 4 members (excludes halogenated alkanes) is 8. The molecule has 0 bridgehead atoms. The average Bonchev–Trinajstić information content (AvgIpc) is 2.10. The van der Waals surface area contributed by atoms with Crippen LogP contribution in [-0.4, -0.2) is 6.61 Å². The first-order chi connectivity index (χ1) is 5.91. The fraction of sp³-hybridized carbons (Fsp3) is 0.909. The van der Waals surface area contributed by atoms with Gasteiger partial charge in [-0.1, -0.05) is 58.3 Å². The van der Waals surface area contributed by atoms with Crippen molar-refractivity contribution in [1.82, 2.24) is 0 Å². The second-order valence-corrected chi connectivity index (χ2v) is 3.39. The molecule has 0 aliphatic heterocycles. The summed E-state index contributed by atoms with van der Waals surface area (Å²) >= 11 is 0. The fourth-order valence-electron chi connectivity index (χ4n) is 1.34. The van der Waals surface area contributed by atoms with Crippen LogP contribution in [0.15, 0.2) is 0 Å². The van der Waals surface area contributed by atoms with Crippen LogP contribution in [0, 0.1) is 6.92 Å². The Bertz CT molecular complexity index is 61.4. The molecule has 0 fully saturated rings. The highest BCUT2D eigenvalue weighted by atomic mass is 16.2. The minimum Gasteiger partial charge on any atom is -0.237 e. The minimum absolute atomic E-state index is 0.113. The van der Waals surface area contributed by atoms with Crippen molar-refractivity contribution in [1.29, 1.82) is 0 Å². The van der Waals surface area contributed by atoms with Crippen LogP contribution in [0.4, 0.5) is 0 Å². The number of hydrogen-bond acceptors (Lipinski definition) is 0. The Balaban J connectivity index is 2.73. The Kier molecular flexibility index (Phi) is 10.9.